The van der Waals surface area contributed by atoms with Crippen LogP contribution in [0, 0.1) is 0 Å². The van der Waals surface area contributed by atoms with Gasteiger partial charge in [-0.05, 0) is 35.4 Å². The second-order valence-electron chi connectivity index (χ2n) is 5.80. The first-order valence-electron chi connectivity index (χ1n) is 7.69. The van der Waals surface area contributed by atoms with E-state index >= 15 is 0 Å². The SMILES string of the molecule is OC[C@@H](O)[C@@H](O)[C@H](O)[C@H](O)C(c1ccc(Br)cc1)c1ccc(Br)cc1. The zero-order valence-corrected chi connectivity index (χ0v) is 16.4. The highest BCUT2D eigenvalue weighted by Gasteiger charge is 2.36. The average Bonchev–Trinajstić information content (AvgIpc) is 2.63. The monoisotopic (exact) mass is 474 g/mol. The number of hydrogen-bond acceptors (Lipinski definition) is 5. The Morgan fingerprint density at radius 2 is 1.04 bits per heavy atom. The van der Waals surface area contributed by atoms with Gasteiger partial charge in [0.1, 0.15) is 18.3 Å². The minimum Gasteiger partial charge on any atom is -0.394 e. The van der Waals surface area contributed by atoms with Crippen LogP contribution in [0.2, 0.25) is 0 Å². The molecule has 0 heterocycles. The van der Waals surface area contributed by atoms with Crippen molar-refractivity contribution in [2.45, 2.75) is 30.3 Å². The maximum absolute atomic E-state index is 10.7. The molecule has 4 atom stereocenters. The zero-order chi connectivity index (χ0) is 18.6. The smallest absolute Gasteiger partial charge is 0.111 e. The van der Waals surface area contributed by atoms with E-state index in [4.69, 9.17) is 5.11 Å². The molecule has 0 aliphatic heterocycles. The van der Waals surface area contributed by atoms with Gasteiger partial charge in [0, 0.05) is 14.9 Å². The van der Waals surface area contributed by atoms with Crippen LogP contribution in [-0.4, -0.2) is 56.6 Å². The first-order valence-corrected chi connectivity index (χ1v) is 9.27. The number of aliphatic hydroxyl groups excluding tert-OH is 5. The van der Waals surface area contributed by atoms with Gasteiger partial charge in [-0.3, -0.25) is 0 Å². The Morgan fingerprint density at radius 3 is 1.40 bits per heavy atom. The molecular formula is C18H20Br2O5. The van der Waals surface area contributed by atoms with Crippen molar-refractivity contribution in [3.05, 3.63) is 68.6 Å². The lowest BCUT2D eigenvalue weighted by atomic mass is 9.82. The molecule has 5 N–H and O–H groups in total. The molecule has 0 aromatic heterocycles. The number of halogens is 2. The maximum atomic E-state index is 10.7. The van der Waals surface area contributed by atoms with Crippen LogP contribution < -0.4 is 0 Å². The molecule has 0 amide bonds. The molecule has 25 heavy (non-hydrogen) atoms. The van der Waals surface area contributed by atoms with E-state index in [-0.39, 0.29) is 0 Å². The third-order valence-corrected chi connectivity index (χ3v) is 5.14. The Labute approximate surface area is 162 Å². The largest absolute Gasteiger partial charge is 0.394 e. The first kappa shape index (κ1) is 20.5. The molecule has 2 rings (SSSR count). The molecule has 0 radical (unpaired) electrons. The van der Waals surface area contributed by atoms with Gasteiger partial charge in [-0.2, -0.15) is 0 Å². The molecule has 2 aromatic rings. The van der Waals surface area contributed by atoms with Crippen molar-refractivity contribution < 1.29 is 25.5 Å². The molecule has 0 fully saturated rings. The van der Waals surface area contributed by atoms with Crippen LogP contribution in [0.25, 0.3) is 0 Å². The average molecular weight is 476 g/mol. The molecule has 0 bridgehead atoms. The van der Waals surface area contributed by atoms with E-state index in [1.807, 2.05) is 48.5 Å². The van der Waals surface area contributed by atoms with Crippen LogP contribution in [0.5, 0.6) is 0 Å². The topological polar surface area (TPSA) is 101 Å². The molecule has 0 spiro atoms. The van der Waals surface area contributed by atoms with E-state index in [9.17, 15) is 20.4 Å². The molecule has 0 aliphatic carbocycles. The summed E-state index contributed by atoms with van der Waals surface area (Å²) in [5.41, 5.74) is 1.48. The van der Waals surface area contributed by atoms with Gasteiger partial charge in [0.15, 0.2) is 0 Å². The lowest BCUT2D eigenvalue weighted by molar-refractivity contribution is -0.117. The fourth-order valence-electron chi connectivity index (χ4n) is 2.66. The van der Waals surface area contributed by atoms with Gasteiger partial charge in [0.05, 0.1) is 12.7 Å². The van der Waals surface area contributed by atoms with Crippen molar-refractivity contribution in [3.8, 4) is 0 Å². The summed E-state index contributed by atoms with van der Waals surface area (Å²) in [7, 11) is 0. The Balaban J connectivity index is 2.40. The highest BCUT2D eigenvalue weighted by molar-refractivity contribution is 9.10. The van der Waals surface area contributed by atoms with E-state index in [0.717, 1.165) is 20.1 Å². The van der Waals surface area contributed by atoms with Crippen LogP contribution in [0.1, 0.15) is 17.0 Å². The molecule has 0 unspecified atom stereocenters. The zero-order valence-electron chi connectivity index (χ0n) is 13.2. The minimum absolute atomic E-state index is 0.628. The first-order chi connectivity index (χ1) is 11.8. The number of rotatable bonds is 7. The van der Waals surface area contributed by atoms with Gasteiger partial charge >= 0.3 is 0 Å². The summed E-state index contributed by atoms with van der Waals surface area (Å²) in [6.07, 6.45) is -6.24. The summed E-state index contributed by atoms with van der Waals surface area (Å²) >= 11 is 6.72. The van der Waals surface area contributed by atoms with Gasteiger partial charge in [0.25, 0.3) is 0 Å². The Hall–Kier alpha value is -0.800. The summed E-state index contributed by atoms with van der Waals surface area (Å²) in [5, 5.41) is 49.5. The molecule has 7 heteroatoms. The number of benzene rings is 2. The fourth-order valence-corrected chi connectivity index (χ4v) is 3.19. The third-order valence-electron chi connectivity index (χ3n) is 4.08. The van der Waals surface area contributed by atoms with Crippen LogP contribution in [0.4, 0.5) is 0 Å². The quantitative estimate of drug-likeness (QED) is 0.420. The summed E-state index contributed by atoms with van der Waals surface area (Å²) < 4.78 is 1.74. The molecule has 2 aromatic carbocycles. The van der Waals surface area contributed by atoms with Crippen molar-refractivity contribution in [3.63, 3.8) is 0 Å². The molecule has 0 saturated carbocycles. The van der Waals surface area contributed by atoms with Gasteiger partial charge in [-0.15, -0.1) is 0 Å². The van der Waals surface area contributed by atoms with Gasteiger partial charge in [0.2, 0.25) is 0 Å². The minimum atomic E-state index is -1.67. The number of hydrogen-bond donors (Lipinski definition) is 5. The Bertz CT molecular complexity index is 617. The van der Waals surface area contributed by atoms with Gasteiger partial charge in [-0.25, -0.2) is 0 Å². The van der Waals surface area contributed by atoms with Crippen LogP contribution in [-0.2, 0) is 0 Å². The van der Waals surface area contributed by atoms with Crippen LogP contribution >= 0.6 is 31.9 Å². The normalized spacial score (nSPS) is 16.5. The van der Waals surface area contributed by atoms with Crippen LogP contribution in [0.15, 0.2) is 57.5 Å². The van der Waals surface area contributed by atoms with E-state index in [2.05, 4.69) is 31.9 Å². The highest BCUT2D eigenvalue weighted by atomic mass is 79.9. The highest BCUT2D eigenvalue weighted by Crippen LogP contribution is 2.32. The molecule has 0 aliphatic rings. The summed E-state index contributed by atoms with van der Waals surface area (Å²) in [4.78, 5) is 0. The van der Waals surface area contributed by atoms with Crippen molar-refractivity contribution in [1.82, 2.24) is 0 Å². The number of aliphatic hydroxyl groups is 5. The molecule has 136 valence electrons. The van der Waals surface area contributed by atoms with Crippen molar-refractivity contribution >= 4 is 31.9 Å². The predicted molar refractivity (Wildman–Crippen MR) is 101 cm³/mol. The molecule has 5 nitrogen and oxygen atoms in total. The van der Waals surface area contributed by atoms with Gasteiger partial charge in [-0.1, -0.05) is 56.1 Å². The predicted octanol–water partition coefficient (Wildman–Crippen LogP) is 1.78. The van der Waals surface area contributed by atoms with Crippen LogP contribution in [0.3, 0.4) is 0 Å². The lowest BCUT2D eigenvalue weighted by Crippen LogP contribution is -2.48. The Morgan fingerprint density at radius 1 is 0.640 bits per heavy atom. The second-order valence-corrected chi connectivity index (χ2v) is 7.63. The molecular weight excluding hydrogens is 456 g/mol. The molecule has 0 saturated heterocycles. The van der Waals surface area contributed by atoms with Crippen molar-refractivity contribution in [2.24, 2.45) is 0 Å². The lowest BCUT2D eigenvalue weighted by Gasteiger charge is -2.31. The van der Waals surface area contributed by atoms with Crippen molar-refractivity contribution in [2.75, 3.05) is 6.61 Å². The van der Waals surface area contributed by atoms with E-state index in [0.29, 0.717) is 0 Å². The standard InChI is InChI=1S/C18H20Br2O5/c19-12-5-1-10(2-6-12)15(11-3-7-13(20)8-4-11)17(24)18(25)16(23)14(22)9-21/h1-8,14-18,21-25H,9H2/t14-,16-,17-,18+/m1/s1. The van der Waals surface area contributed by atoms with Gasteiger partial charge < -0.3 is 25.5 Å². The second kappa shape index (κ2) is 9.23. The summed E-state index contributed by atoms with van der Waals surface area (Å²) in [6.45, 7) is -0.716. The van der Waals surface area contributed by atoms with E-state index < -0.39 is 36.9 Å². The third kappa shape index (κ3) is 5.10. The van der Waals surface area contributed by atoms with E-state index in [1.54, 1.807) is 0 Å². The fraction of sp³-hybridized carbons (Fsp3) is 0.333. The Kier molecular flexibility index (Phi) is 7.57. The van der Waals surface area contributed by atoms with E-state index in [1.165, 1.54) is 0 Å². The summed E-state index contributed by atoms with van der Waals surface area (Å²) in [6, 6.07) is 14.5. The summed E-state index contributed by atoms with van der Waals surface area (Å²) in [5.74, 6) is -0.628. The maximum Gasteiger partial charge on any atom is 0.111 e. The van der Waals surface area contributed by atoms with Crippen molar-refractivity contribution in [1.29, 1.82) is 0 Å².